The summed E-state index contributed by atoms with van der Waals surface area (Å²) in [4.78, 5) is 25.2. The number of rotatable bonds is 3. The van der Waals surface area contributed by atoms with Gasteiger partial charge in [0, 0.05) is 50.8 Å². The molecule has 1 aliphatic rings. The number of carbonyl (C=O) groups is 1. The van der Waals surface area contributed by atoms with Gasteiger partial charge in [-0.2, -0.15) is 0 Å². The van der Waals surface area contributed by atoms with Crippen LogP contribution in [0.3, 0.4) is 0 Å². The number of aryl methyl sites for hydroxylation is 1. The standard InChI is InChI=1S/C21H22FN5O/c1-15-2-4-17(13-18(15)22)25-21(28)27-10-8-26(9-11-27)14-16-3-5-19-20(12-16)24-7-6-23-19/h2-7,12-13H,8-11,14H2,1H3,(H,25,28). The average molecular weight is 379 g/mol. The lowest BCUT2D eigenvalue weighted by Crippen LogP contribution is -2.49. The highest BCUT2D eigenvalue weighted by Crippen LogP contribution is 2.16. The second-order valence-electron chi connectivity index (χ2n) is 7.04. The fourth-order valence-electron chi connectivity index (χ4n) is 3.35. The van der Waals surface area contributed by atoms with Crippen molar-refractivity contribution in [2.75, 3.05) is 31.5 Å². The molecular formula is C21H22FN5O. The van der Waals surface area contributed by atoms with Gasteiger partial charge in [0.2, 0.25) is 0 Å². The molecule has 0 atom stereocenters. The van der Waals surface area contributed by atoms with E-state index in [4.69, 9.17) is 0 Å². The lowest BCUT2D eigenvalue weighted by molar-refractivity contribution is 0.143. The van der Waals surface area contributed by atoms with E-state index in [9.17, 15) is 9.18 Å². The number of amides is 2. The Morgan fingerprint density at radius 2 is 1.79 bits per heavy atom. The third-order valence-electron chi connectivity index (χ3n) is 5.02. The molecule has 7 heteroatoms. The number of hydrogen-bond acceptors (Lipinski definition) is 4. The number of benzene rings is 2. The van der Waals surface area contributed by atoms with E-state index < -0.39 is 0 Å². The van der Waals surface area contributed by atoms with Crippen molar-refractivity contribution in [3.05, 3.63) is 65.7 Å². The molecule has 1 saturated heterocycles. The zero-order valence-electron chi connectivity index (χ0n) is 15.7. The summed E-state index contributed by atoms with van der Waals surface area (Å²) in [5, 5.41) is 2.78. The maximum Gasteiger partial charge on any atom is 0.321 e. The molecule has 0 radical (unpaired) electrons. The van der Waals surface area contributed by atoms with Crippen molar-refractivity contribution in [2.24, 2.45) is 0 Å². The first-order valence-electron chi connectivity index (χ1n) is 9.32. The Morgan fingerprint density at radius 1 is 1.04 bits per heavy atom. The monoisotopic (exact) mass is 379 g/mol. The molecule has 2 aromatic carbocycles. The molecule has 6 nitrogen and oxygen atoms in total. The zero-order valence-corrected chi connectivity index (χ0v) is 15.7. The zero-order chi connectivity index (χ0) is 19.5. The highest BCUT2D eigenvalue weighted by Gasteiger charge is 2.21. The maximum absolute atomic E-state index is 13.6. The maximum atomic E-state index is 13.6. The number of aromatic nitrogens is 2. The van der Waals surface area contributed by atoms with Crippen LogP contribution < -0.4 is 5.32 Å². The molecule has 3 aromatic rings. The second kappa shape index (κ2) is 7.90. The van der Waals surface area contributed by atoms with Gasteiger partial charge in [0.15, 0.2) is 0 Å². The van der Waals surface area contributed by atoms with E-state index in [0.29, 0.717) is 24.3 Å². The van der Waals surface area contributed by atoms with Crippen LogP contribution in [-0.2, 0) is 6.54 Å². The van der Waals surface area contributed by atoms with Gasteiger partial charge in [-0.05, 0) is 42.3 Å². The lowest BCUT2D eigenvalue weighted by Gasteiger charge is -2.34. The number of carbonyl (C=O) groups excluding carboxylic acids is 1. The molecule has 1 aliphatic heterocycles. The first-order valence-corrected chi connectivity index (χ1v) is 9.32. The molecule has 0 aliphatic carbocycles. The van der Waals surface area contributed by atoms with Crippen molar-refractivity contribution in [2.45, 2.75) is 13.5 Å². The van der Waals surface area contributed by atoms with Gasteiger partial charge in [-0.25, -0.2) is 9.18 Å². The molecule has 4 rings (SSSR count). The van der Waals surface area contributed by atoms with Crippen LogP contribution in [0, 0.1) is 12.7 Å². The van der Waals surface area contributed by atoms with Crippen molar-refractivity contribution >= 4 is 22.8 Å². The third-order valence-corrected chi connectivity index (χ3v) is 5.02. The summed E-state index contributed by atoms with van der Waals surface area (Å²) < 4.78 is 13.6. The summed E-state index contributed by atoms with van der Waals surface area (Å²) in [5.41, 5.74) is 4.00. The highest BCUT2D eigenvalue weighted by atomic mass is 19.1. The summed E-state index contributed by atoms with van der Waals surface area (Å²) in [7, 11) is 0. The van der Waals surface area contributed by atoms with Gasteiger partial charge in [0.1, 0.15) is 5.82 Å². The second-order valence-corrected chi connectivity index (χ2v) is 7.04. The van der Waals surface area contributed by atoms with Gasteiger partial charge in [-0.3, -0.25) is 14.9 Å². The third kappa shape index (κ3) is 4.09. The number of nitrogens with one attached hydrogen (secondary N) is 1. The predicted octanol–water partition coefficient (Wildman–Crippen LogP) is 3.43. The molecule has 2 amide bonds. The van der Waals surface area contributed by atoms with Crippen molar-refractivity contribution in [1.82, 2.24) is 19.8 Å². The topological polar surface area (TPSA) is 61.4 Å². The Labute approximate surface area is 163 Å². The predicted molar refractivity (Wildman–Crippen MR) is 107 cm³/mol. The van der Waals surface area contributed by atoms with Crippen molar-refractivity contribution in [3.63, 3.8) is 0 Å². The van der Waals surface area contributed by atoms with Gasteiger partial charge in [0.05, 0.1) is 11.0 Å². The Hall–Kier alpha value is -3.06. The number of hydrogen-bond donors (Lipinski definition) is 1. The minimum Gasteiger partial charge on any atom is -0.322 e. The molecule has 2 heterocycles. The van der Waals surface area contributed by atoms with Crippen LogP contribution >= 0.6 is 0 Å². The lowest BCUT2D eigenvalue weighted by atomic mass is 10.1. The van der Waals surface area contributed by atoms with Crippen LogP contribution in [-0.4, -0.2) is 52.0 Å². The fourth-order valence-corrected chi connectivity index (χ4v) is 3.35. The minimum atomic E-state index is -0.317. The summed E-state index contributed by atoms with van der Waals surface area (Å²) in [6.07, 6.45) is 3.39. The van der Waals surface area contributed by atoms with Crippen LogP contribution in [0.1, 0.15) is 11.1 Å². The largest absolute Gasteiger partial charge is 0.322 e. The normalized spacial score (nSPS) is 15.0. The number of fused-ring (bicyclic) bond motifs is 1. The Kier molecular flexibility index (Phi) is 5.16. The molecule has 0 unspecified atom stereocenters. The summed E-state index contributed by atoms with van der Waals surface area (Å²) in [5.74, 6) is -0.317. The van der Waals surface area contributed by atoms with E-state index in [1.807, 2.05) is 6.07 Å². The molecule has 0 bridgehead atoms. The number of nitrogens with zero attached hydrogens (tertiary/aromatic N) is 4. The van der Waals surface area contributed by atoms with Crippen LogP contribution in [0.4, 0.5) is 14.9 Å². The van der Waals surface area contributed by atoms with E-state index in [-0.39, 0.29) is 11.8 Å². The number of urea groups is 1. The van der Waals surface area contributed by atoms with Gasteiger partial charge < -0.3 is 10.2 Å². The smallest absolute Gasteiger partial charge is 0.321 e. The highest BCUT2D eigenvalue weighted by molar-refractivity contribution is 5.89. The molecule has 144 valence electrons. The SMILES string of the molecule is Cc1ccc(NC(=O)N2CCN(Cc3ccc4nccnc4c3)CC2)cc1F. The summed E-state index contributed by atoms with van der Waals surface area (Å²) in [6, 6.07) is 10.7. The number of piperazine rings is 1. The molecular weight excluding hydrogens is 357 g/mol. The molecule has 1 aromatic heterocycles. The Morgan fingerprint density at radius 3 is 2.54 bits per heavy atom. The van der Waals surface area contributed by atoms with E-state index >= 15 is 0 Å². The van der Waals surface area contributed by atoms with E-state index in [2.05, 4.69) is 32.3 Å². The van der Waals surface area contributed by atoms with Gasteiger partial charge in [-0.15, -0.1) is 0 Å². The molecule has 1 N–H and O–H groups in total. The van der Waals surface area contributed by atoms with Crippen molar-refractivity contribution in [3.8, 4) is 0 Å². The molecule has 0 saturated carbocycles. The van der Waals surface area contributed by atoms with Crippen LogP contribution in [0.5, 0.6) is 0 Å². The first kappa shape index (κ1) is 18.3. The summed E-state index contributed by atoms with van der Waals surface area (Å²) >= 11 is 0. The van der Waals surface area contributed by atoms with E-state index in [1.54, 1.807) is 36.4 Å². The first-order chi connectivity index (χ1) is 13.6. The average Bonchev–Trinajstić information content (AvgIpc) is 2.71. The van der Waals surface area contributed by atoms with Crippen molar-refractivity contribution < 1.29 is 9.18 Å². The Bertz CT molecular complexity index is 1000. The van der Waals surface area contributed by atoms with E-state index in [0.717, 1.165) is 30.7 Å². The quantitative estimate of drug-likeness (QED) is 0.757. The van der Waals surface area contributed by atoms with E-state index in [1.165, 1.54) is 11.6 Å². The van der Waals surface area contributed by atoms with Crippen molar-refractivity contribution in [1.29, 1.82) is 0 Å². The fraction of sp³-hybridized carbons (Fsp3) is 0.286. The Balaban J connectivity index is 1.32. The molecule has 0 spiro atoms. The minimum absolute atomic E-state index is 0.191. The van der Waals surface area contributed by atoms with Crippen LogP contribution in [0.25, 0.3) is 11.0 Å². The van der Waals surface area contributed by atoms with Crippen LogP contribution in [0.2, 0.25) is 0 Å². The van der Waals surface area contributed by atoms with Crippen LogP contribution in [0.15, 0.2) is 48.8 Å². The number of halogens is 1. The summed E-state index contributed by atoms with van der Waals surface area (Å²) in [6.45, 7) is 5.34. The molecule has 28 heavy (non-hydrogen) atoms. The number of anilines is 1. The molecule has 1 fully saturated rings. The van der Waals surface area contributed by atoms with Gasteiger partial charge in [-0.1, -0.05) is 12.1 Å². The van der Waals surface area contributed by atoms with Gasteiger partial charge >= 0.3 is 6.03 Å². The van der Waals surface area contributed by atoms with Gasteiger partial charge in [0.25, 0.3) is 0 Å².